The highest BCUT2D eigenvalue weighted by atomic mass is 16.1. The van der Waals surface area contributed by atoms with E-state index in [-0.39, 0.29) is 5.91 Å². The molecule has 0 saturated heterocycles. The standard InChI is InChI=1S/C13H20N4O/c1-2-14-12-8-7-11(16-17-12)13(18)15-9-3-4-10-5-6-10/h7-8,10H,2-6,9H2,1H3,(H,14,17)(H,15,18). The molecule has 0 spiro atoms. The zero-order valence-electron chi connectivity index (χ0n) is 10.8. The first-order valence-electron chi connectivity index (χ1n) is 6.65. The first-order chi connectivity index (χ1) is 8.79. The van der Waals surface area contributed by atoms with E-state index in [9.17, 15) is 4.79 Å². The summed E-state index contributed by atoms with van der Waals surface area (Å²) in [6.07, 6.45) is 5.02. The van der Waals surface area contributed by atoms with Crippen molar-refractivity contribution in [3.05, 3.63) is 17.8 Å². The Balaban J connectivity index is 1.72. The molecule has 5 heteroatoms. The van der Waals surface area contributed by atoms with Crippen LogP contribution in [0, 0.1) is 5.92 Å². The predicted molar refractivity (Wildman–Crippen MR) is 70.5 cm³/mol. The Hall–Kier alpha value is -1.65. The van der Waals surface area contributed by atoms with Gasteiger partial charge < -0.3 is 10.6 Å². The van der Waals surface area contributed by atoms with E-state index < -0.39 is 0 Å². The summed E-state index contributed by atoms with van der Waals surface area (Å²) >= 11 is 0. The summed E-state index contributed by atoms with van der Waals surface area (Å²) < 4.78 is 0. The van der Waals surface area contributed by atoms with Crippen molar-refractivity contribution in [1.82, 2.24) is 15.5 Å². The first kappa shape index (κ1) is 12.8. The van der Waals surface area contributed by atoms with E-state index in [1.807, 2.05) is 6.92 Å². The maximum absolute atomic E-state index is 11.7. The van der Waals surface area contributed by atoms with Crippen molar-refractivity contribution >= 4 is 11.7 Å². The summed E-state index contributed by atoms with van der Waals surface area (Å²) in [4.78, 5) is 11.7. The number of nitrogens with one attached hydrogen (secondary N) is 2. The zero-order chi connectivity index (χ0) is 12.8. The lowest BCUT2D eigenvalue weighted by atomic mass is 10.2. The first-order valence-corrected chi connectivity index (χ1v) is 6.65. The van der Waals surface area contributed by atoms with Crippen molar-refractivity contribution in [3.8, 4) is 0 Å². The van der Waals surface area contributed by atoms with Crippen molar-refractivity contribution in [2.24, 2.45) is 5.92 Å². The lowest BCUT2D eigenvalue weighted by Gasteiger charge is -2.05. The Kier molecular flexibility index (Phi) is 4.50. The molecule has 2 rings (SSSR count). The molecular formula is C13H20N4O. The average molecular weight is 248 g/mol. The van der Waals surface area contributed by atoms with Gasteiger partial charge in [0.25, 0.3) is 5.91 Å². The second-order valence-electron chi connectivity index (χ2n) is 4.68. The van der Waals surface area contributed by atoms with Crippen molar-refractivity contribution in [2.45, 2.75) is 32.6 Å². The van der Waals surface area contributed by atoms with E-state index >= 15 is 0 Å². The minimum Gasteiger partial charge on any atom is -0.369 e. The fourth-order valence-electron chi connectivity index (χ4n) is 1.82. The second-order valence-corrected chi connectivity index (χ2v) is 4.68. The molecule has 1 aromatic heterocycles. The largest absolute Gasteiger partial charge is 0.369 e. The van der Waals surface area contributed by atoms with Crippen LogP contribution >= 0.6 is 0 Å². The summed E-state index contributed by atoms with van der Waals surface area (Å²) in [5.41, 5.74) is 0.378. The molecule has 2 N–H and O–H groups in total. The van der Waals surface area contributed by atoms with E-state index in [1.54, 1.807) is 12.1 Å². The van der Waals surface area contributed by atoms with Gasteiger partial charge in [-0.2, -0.15) is 0 Å². The zero-order valence-corrected chi connectivity index (χ0v) is 10.8. The van der Waals surface area contributed by atoms with Gasteiger partial charge in [0.2, 0.25) is 0 Å². The maximum Gasteiger partial charge on any atom is 0.271 e. The smallest absolute Gasteiger partial charge is 0.271 e. The molecule has 1 amide bonds. The van der Waals surface area contributed by atoms with Gasteiger partial charge in [0.1, 0.15) is 5.82 Å². The van der Waals surface area contributed by atoms with Crippen LogP contribution < -0.4 is 10.6 Å². The summed E-state index contributed by atoms with van der Waals surface area (Å²) in [7, 11) is 0. The fourth-order valence-corrected chi connectivity index (χ4v) is 1.82. The molecule has 1 aromatic rings. The molecule has 0 aliphatic heterocycles. The van der Waals surface area contributed by atoms with Crippen molar-refractivity contribution in [3.63, 3.8) is 0 Å². The number of hydrogen-bond donors (Lipinski definition) is 2. The third-order valence-electron chi connectivity index (χ3n) is 3.03. The Morgan fingerprint density at radius 3 is 2.83 bits per heavy atom. The molecule has 1 aliphatic rings. The summed E-state index contributed by atoms with van der Waals surface area (Å²) in [5.74, 6) is 1.48. The van der Waals surface area contributed by atoms with Crippen molar-refractivity contribution in [2.75, 3.05) is 18.4 Å². The molecular weight excluding hydrogens is 228 g/mol. The normalized spacial score (nSPS) is 14.3. The van der Waals surface area contributed by atoms with Gasteiger partial charge in [-0.3, -0.25) is 4.79 Å². The van der Waals surface area contributed by atoms with Crippen LogP contribution in [0.25, 0.3) is 0 Å². The van der Waals surface area contributed by atoms with Crippen LogP contribution in [0.3, 0.4) is 0 Å². The van der Waals surface area contributed by atoms with E-state index in [1.165, 1.54) is 19.3 Å². The van der Waals surface area contributed by atoms with Crippen LogP contribution in [0.2, 0.25) is 0 Å². The fraction of sp³-hybridized carbons (Fsp3) is 0.615. The number of carbonyl (C=O) groups excluding carboxylic acids is 1. The Labute approximate surface area is 107 Å². The van der Waals surface area contributed by atoms with Gasteiger partial charge in [0.05, 0.1) is 0 Å². The molecule has 0 unspecified atom stereocenters. The number of amides is 1. The van der Waals surface area contributed by atoms with Crippen molar-refractivity contribution in [1.29, 1.82) is 0 Å². The minimum absolute atomic E-state index is 0.138. The van der Waals surface area contributed by atoms with Gasteiger partial charge >= 0.3 is 0 Å². The lowest BCUT2D eigenvalue weighted by molar-refractivity contribution is 0.0947. The van der Waals surface area contributed by atoms with Crippen LogP contribution in [-0.4, -0.2) is 29.2 Å². The van der Waals surface area contributed by atoms with E-state index in [0.29, 0.717) is 11.5 Å². The quantitative estimate of drug-likeness (QED) is 0.722. The second kappa shape index (κ2) is 6.33. The minimum atomic E-state index is -0.138. The van der Waals surface area contributed by atoms with Gasteiger partial charge in [-0.25, -0.2) is 0 Å². The third kappa shape index (κ3) is 3.98. The van der Waals surface area contributed by atoms with Gasteiger partial charge in [-0.05, 0) is 37.8 Å². The number of anilines is 1. The van der Waals surface area contributed by atoms with Crippen LogP contribution in [-0.2, 0) is 0 Å². The van der Waals surface area contributed by atoms with Gasteiger partial charge in [0.15, 0.2) is 5.69 Å². The highest BCUT2D eigenvalue weighted by Gasteiger charge is 2.20. The molecule has 1 heterocycles. The predicted octanol–water partition coefficient (Wildman–Crippen LogP) is 1.83. The number of hydrogen-bond acceptors (Lipinski definition) is 4. The molecule has 0 aromatic carbocycles. The Bertz CT molecular complexity index is 386. The molecule has 0 bridgehead atoms. The van der Waals surface area contributed by atoms with Gasteiger partial charge in [-0.1, -0.05) is 12.8 Å². The SMILES string of the molecule is CCNc1ccc(C(=O)NCCCC2CC2)nn1. The molecule has 0 atom stereocenters. The number of nitrogens with zero attached hydrogens (tertiary/aromatic N) is 2. The molecule has 0 radical (unpaired) electrons. The summed E-state index contributed by atoms with van der Waals surface area (Å²) in [6.45, 7) is 3.51. The van der Waals surface area contributed by atoms with Crippen LogP contribution in [0.5, 0.6) is 0 Å². The molecule has 98 valence electrons. The maximum atomic E-state index is 11.7. The van der Waals surface area contributed by atoms with Crippen LogP contribution in [0.15, 0.2) is 12.1 Å². The average Bonchev–Trinajstić information content (AvgIpc) is 3.20. The molecule has 18 heavy (non-hydrogen) atoms. The van der Waals surface area contributed by atoms with Crippen LogP contribution in [0.4, 0.5) is 5.82 Å². The third-order valence-corrected chi connectivity index (χ3v) is 3.03. The summed E-state index contributed by atoms with van der Waals surface area (Å²) in [5, 5.41) is 13.7. The summed E-state index contributed by atoms with van der Waals surface area (Å²) in [6, 6.07) is 3.47. The number of aromatic nitrogens is 2. The van der Waals surface area contributed by atoms with E-state index in [0.717, 1.165) is 25.4 Å². The highest BCUT2D eigenvalue weighted by molar-refractivity contribution is 5.92. The van der Waals surface area contributed by atoms with E-state index in [4.69, 9.17) is 0 Å². The highest BCUT2D eigenvalue weighted by Crippen LogP contribution is 2.33. The number of rotatable bonds is 7. The molecule has 1 saturated carbocycles. The monoisotopic (exact) mass is 248 g/mol. The molecule has 1 aliphatic carbocycles. The Morgan fingerprint density at radius 2 is 2.22 bits per heavy atom. The van der Waals surface area contributed by atoms with Gasteiger partial charge in [0, 0.05) is 13.1 Å². The topological polar surface area (TPSA) is 66.9 Å². The van der Waals surface area contributed by atoms with Crippen LogP contribution in [0.1, 0.15) is 43.1 Å². The molecule has 1 fully saturated rings. The molecule has 5 nitrogen and oxygen atoms in total. The lowest BCUT2D eigenvalue weighted by Crippen LogP contribution is -2.25. The van der Waals surface area contributed by atoms with Gasteiger partial charge in [-0.15, -0.1) is 10.2 Å². The van der Waals surface area contributed by atoms with Crippen molar-refractivity contribution < 1.29 is 4.79 Å². The van der Waals surface area contributed by atoms with E-state index in [2.05, 4.69) is 20.8 Å². The number of carbonyl (C=O) groups is 1. The Morgan fingerprint density at radius 1 is 1.39 bits per heavy atom.